The van der Waals surface area contributed by atoms with Gasteiger partial charge in [0, 0.05) is 18.5 Å². The van der Waals surface area contributed by atoms with Gasteiger partial charge in [0.2, 0.25) is 0 Å². The van der Waals surface area contributed by atoms with Crippen LogP contribution in [0.5, 0.6) is 0 Å². The molecule has 1 aromatic rings. The summed E-state index contributed by atoms with van der Waals surface area (Å²) in [5, 5.41) is 2.38. The molecule has 0 aliphatic heterocycles. The molecular weight excluding hydrogens is 237 g/mol. The quantitative estimate of drug-likeness (QED) is 0.639. The Labute approximate surface area is 104 Å². The van der Waals surface area contributed by atoms with Gasteiger partial charge in [-0.3, -0.25) is 4.79 Å². The number of carbonyl (C=O) groups is 2. The summed E-state index contributed by atoms with van der Waals surface area (Å²) in [6, 6.07) is 5.21. The highest BCUT2D eigenvalue weighted by Gasteiger charge is 2.07. The van der Waals surface area contributed by atoms with E-state index in [4.69, 9.17) is 6.42 Å². The van der Waals surface area contributed by atoms with Crippen LogP contribution in [0.3, 0.4) is 0 Å². The fraction of sp³-hybridized carbons (Fsp3) is 0.231. The number of hydrogen-bond acceptors (Lipinski definition) is 3. The maximum atomic E-state index is 12.6. The summed E-state index contributed by atoms with van der Waals surface area (Å²) in [7, 11) is 0. The van der Waals surface area contributed by atoms with Crippen LogP contribution >= 0.6 is 0 Å². The molecule has 0 radical (unpaired) electrons. The highest BCUT2D eigenvalue weighted by atomic mass is 19.1. The molecule has 0 saturated heterocycles. The minimum absolute atomic E-state index is 0.108. The first-order chi connectivity index (χ1) is 8.63. The third-order valence-electron chi connectivity index (χ3n) is 2.07. The molecule has 1 rings (SSSR count). The van der Waals surface area contributed by atoms with Gasteiger partial charge in [-0.15, -0.1) is 6.42 Å². The van der Waals surface area contributed by atoms with E-state index in [9.17, 15) is 14.0 Å². The van der Waals surface area contributed by atoms with Crippen molar-refractivity contribution >= 4 is 11.9 Å². The number of hydrogen-bond donors (Lipinski definition) is 1. The molecule has 0 aliphatic carbocycles. The molecule has 0 unspecified atom stereocenters. The third kappa shape index (κ3) is 4.66. The Morgan fingerprint density at radius 1 is 1.33 bits per heavy atom. The fourth-order valence-corrected chi connectivity index (χ4v) is 1.22. The Bertz CT molecular complexity index is 462. The Balaban J connectivity index is 2.31. The largest absolute Gasteiger partial charge is 0.436 e. The van der Waals surface area contributed by atoms with E-state index in [2.05, 4.69) is 16.0 Å². The molecule has 1 aromatic carbocycles. The first-order valence-electron chi connectivity index (χ1n) is 5.26. The number of nitrogens with one attached hydrogen (secondary N) is 1. The number of amides is 1. The predicted octanol–water partition coefficient (Wildman–Crippen LogP) is 1.76. The molecule has 0 fully saturated rings. The van der Waals surface area contributed by atoms with E-state index in [1.54, 1.807) is 0 Å². The minimum Gasteiger partial charge on any atom is -0.436 e. The lowest BCUT2D eigenvalue weighted by atomic mass is 10.1. The normalized spacial score (nSPS) is 9.33. The van der Waals surface area contributed by atoms with Crippen LogP contribution in [0, 0.1) is 18.2 Å². The van der Waals surface area contributed by atoms with Gasteiger partial charge in [0.05, 0.1) is 0 Å². The van der Waals surface area contributed by atoms with Crippen LogP contribution in [-0.4, -0.2) is 25.0 Å². The van der Waals surface area contributed by atoms with E-state index >= 15 is 0 Å². The van der Waals surface area contributed by atoms with Gasteiger partial charge < -0.3 is 10.1 Å². The monoisotopic (exact) mass is 249 g/mol. The number of rotatable bonds is 5. The molecule has 0 bridgehead atoms. The summed E-state index contributed by atoms with van der Waals surface area (Å²) in [5.41, 5.74) is 0.398. The van der Waals surface area contributed by atoms with Crippen molar-refractivity contribution in [3.8, 4) is 12.3 Å². The van der Waals surface area contributed by atoms with Crippen molar-refractivity contribution in [2.24, 2.45) is 0 Å². The summed E-state index contributed by atoms with van der Waals surface area (Å²) in [6.45, 7) is 0.0252. The Morgan fingerprint density at radius 3 is 2.61 bits per heavy atom. The average Bonchev–Trinajstić information content (AvgIpc) is 2.37. The molecule has 0 spiro atoms. The number of carbonyl (C=O) groups excluding carboxylic acids is 2. The summed E-state index contributed by atoms with van der Waals surface area (Å²) < 4.78 is 17.2. The Morgan fingerprint density at radius 2 is 2.00 bits per heavy atom. The zero-order valence-electron chi connectivity index (χ0n) is 9.61. The second kappa shape index (κ2) is 7.07. The van der Waals surface area contributed by atoms with E-state index in [1.165, 1.54) is 24.3 Å². The van der Waals surface area contributed by atoms with Gasteiger partial charge in [-0.25, -0.2) is 9.18 Å². The summed E-state index contributed by atoms with van der Waals surface area (Å²) in [6.07, 6.45) is 4.34. The van der Waals surface area contributed by atoms with Crippen molar-refractivity contribution in [2.45, 2.75) is 6.42 Å². The third-order valence-corrected chi connectivity index (χ3v) is 2.07. The van der Waals surface area contributed by atoms with Crippen LogP contribution in [-0.2, 0) is 4.74 Å². The highest BCUT2D eigenvalue weighted by Crippen LogP contribution is 2.05. The molecule has 0 aromatic heterocycles. The smallest absolute Gasteiger partial charge is 0.408 e. The zero-order valence-corrected chi connectivity index (χ0v) is 9.61. The molecular formula is C13H12FNO3. The Hall–Kier alpha value is -2.35. The molecule has 0 saturated carbocycles. The van der Waals surface area contributed by atoms with Crippen molar-refractivity contribution in [3.05, 3.63) is 35.6 Å². The second-order valence-corrected chi connectivity index (χ2v) is 3.39. The highest BCUT2D eigenvalue weighted by molar-refractivity contribution is 5.96. The van der Waals surface area contributed by atoms with Crippen LogP contribution in [0.1, 0.15) is 16.8 Å². The molecule has 94 valence electrons. The number of ether oxygens (including phenoxy) is 1. The van der Waals surface area contributed by atoms with Crippen LogP contribution < -0.4 is 5.32 Å². The van der Waals surface area contributed by atoms with Crippen LogP contribution in [0.15, 0.2) is 24.3 Å². The molecule has 4 nitrogen and oxygen atoms in total. The Kier molecular flexibility index (Phi) is 5.39. The zero-order chi connectivity index (χ0) is 13.4. The van der Waals surface area contributed by atoms with Gasteiger partial charge >= 0.3 is 6.09 Å². The van der Waals surface area contributed by atoms with Crippen LogP contribution in [0.4, 0.5) is 9.18 Å². The maximum absolute atomic E-state index is 12.6. The lowest BCUT2D eigenvalue weighted by Gasteiger charge is -2.04. The number of benzene rings is 1. The maximum Gasteiger partial charge on any atom is 0.408 e. The first-order valence-corrected chi connectivity index (χ1v) is 5.26. The summed E-state index contributed by atoms with van der Waals surface area (Å²) >= 11 is 0. The number of Topliss-reactive ketones (excluding diaryl/α,β-unsaturated/α-hetero) is 1. The first kappa shape index (κ1) is 13.7. The summed E-state index contributed by atoms with van der Waals surface area (Å²) in [5.74, 6) is 1.56. The van der Waals surface area contributed by atoms with Crippen molar-refractivity contribution in [3.63, 3.8) is 0 Å². The summed E-state index contributed by atoms with van der Waals surface area (Å²) in [4.78, 5) is 22.6. The van der Waals surface area contributed by atoms with Gasteiger partial charge in [0.15, 0.2) is 12.4 Å². The van der Waals surface area contributed by atoms with Gasteiger partial charge in [0.1, 0.15) is 5.82 Å². The lowest BCUT2D eigenvalue weighted by molar-refractivity contribution is 0.0981. The molecule has 5 heteroatoms. The van der Waals surface area contributed by atoms with Crippen LogP contribution in [0.25, 0.3) is 0 Å². The van der Waals surface area contributed by atoms with E-state index in [1.807, 2.05) is 0 Å². The average molecular weight is 249 g/mol. The number of ketones is 1. The molecule has 0 aliphatic rings. The van der Waals surface area contributed by atoms with Crippen molar-refractivity contribution in [1.29, 1.82) is 0 Å². The second-order valence-electron chi connectivity index (χ2n) is 3.39. The number of alkyl carbamates (subject to hydrolysis) is 1. The SMILES string of the molecule is C#CCOC(=O)NCCC(=O)c1ccc(F)cc1. The van der Waals surface area contributed by atoms with Crippen LogP contribution in [0.2, 0.25) is 0 Å². The number of terminal acetylenes is 1. The van der Waals surface area contributed by atoms with E-state index < -0.39 is 11.9 Å². The van der Waals surface area contributed by atoms with Gasteiger partial charge in [0.25, 0.3) is 0 Å². The number of halogens is 1. The topological polar surface area (TPSA) is 55.4 Å². The van der Waals surface area contributed by atoms with Crippen molar-refractivity contribution < 1.29 is 18.7 Å². The van der Waals surface area contributed by atoms with E-state index in [-0.39, 0.29) is 25.4 Å². The molecule has 0 atom stereocenters. The molecule has 1 amide bonds. The molecule has 18 heavy (non-hydrogen) atoms. The van der Waals surface area contributed by atoms with Crippen molar-refractivity contribution in [1.82, 2.24) is 5.32 Å². The standard InChI is InChI=1S/C13H12FNO3/c1-2-9-18-13(17)15-8-7-12(16)10-3-5-11(14)6-4-10/h1,3-6H,7-9H2,(H,15,17). The fourth-order valence-electron chi connectivity index (χ4n) is 1.22. The predicted molar refractivity (Wildman–Crippen MR) is 63.5 cm³/mol. The minimum atomic E-state index is -0.667. The molecule has 0 heterocycles. The lowest BCUT2D eigenvalue weighted by Crippen LogP contribution is -2.26. The van der Waals surface area contributed by atoms with Crippen molar-refractivity contribution in [2.75, 3.05) is 13.2 Å². The van der Waals surface area contributed by atoms with Gasteiger partial charge in [-0.05, 0) is 24.3 Å². The van der Waals surface area contributed by atoms with Gasteiger partial charge in [-0.1, -0.05) is 5.92 Å². The molecule has 1 N–H and O–H groups in total. The van der Waals surface area contributed by atoms with Gasteiger partial charge in [-0.2, -0.15) is 0 Å². The van der Waals surface area contributed by atoms with E-state index in [0.717, 1.165) is 0 Å². The van der Waals surface area contributed by atoms with E-state index in [0.29, 0.717) is 5.56 Å².